The fourth-order valence-corrected chi connectivity index (χ4v) is 3.52. The molecule has 0 saturated carbocycles. The van der Waals surface area contributed by atoms with Gasteiger partial charge in [0, 0.05) is 34.8 Å². The average molecular weight is 394 g/mol. The molecule has 0 saturated heterocycles. The zero-order valence-electron chi connectivity index (χ0n) is 15.7. The topological polar surface area (TPSA) is 62.4 Å². The lowest BCUT2D eigenvalue weighted by atomic mass is 9.99. The zero-order valence-corrected chi connectivity index (χ0v) is 16.4. The molecule has 28 heavy (non-hydrogen) atoms. The number of phenols is 1. The summed E-state index contributed by atoms with van der Waals surface area (Å²) in [6, 6.07) is 15.3. The fraction of sp³-hybridized carbons (Fsp3) is 0.182. The van der Waals surface area contributed by atoms with Crippen LogP contribution in [0.15, 0.2) is 59.3 Å². The molecule has 0 aliphatic heterocycles. The molecule has 0 spiro atoms. The van der Waals surface area contributed by atoms with Crippen molar-refractivity contribution in [1.29, 1.82) is 0 Å². The summed E-state index contributed by atoms with van der Waals surface area (Å²) in [7, 11) is 1.98. The van der Waals surface area contributed by atoms with Crippen LogP contribution in [0.1, 0.15) is 17.0 Å². The van der Waals surface area contributed by atoms with Gasteiger partial charge in [0.2, 0.25) is 0 Å². The van der Waals surface area contributed by atoms with Crippen molar-refractivity contribution in [3.63, 3.8) is 0 Å². The number of rotatable bonds is 5. The molecule has 0 bridgehead atoms. The maximum atomic E-state index is 10.4. The second-order valence-electron chi connectivity index (χ2n) is 6.97. The molecule has 0 fully saturated rings. The Bertz CT molecular complexity index is 1140. The van der Waals surface area contributed by atoms with Gasteiger partial charge in [0.25, 0.3) is 0 Å². The van der Waals surface area contributed by atoms with Crippen LogP contribution in [0.3, 0.4) is 0 Å². The molecule has 0 aliphatic carbocycles. The predicted molar refractivity (Wildman–Crippen MR) is 110 cm³/mol. The molecule has 4 rings (SSSR count). The van der Waals surface area contributed by atoms with Crippen molar-refractivity contribution in [3.05, 3.63) is 76.8 Å². The summed E-state index contributed by atoms with van der Waals surface area (Å²) in [4.78, 5) is 6.48. The first-order chi connectivity index (χ1) is 13.5. The Hall–Kier alpha value is -2.89. The summed E-state index contributed by atoms with van der Waals surface area (Å²) < 4.78 is 5.28. The highest BCUT2D eigenvalue weighted by atomic mass is 35.5. The van der Waals surface area contributed by atoms with E-state index in [1.165, 1.54) is 0 Å². The van der Waals surface area contributed by atoms with Crippen molar-refractivity contribution in [2.45, 2.75) is 20.0 Å². The Morgan fingerprint density at radius 2 is 1.93 bits per heavy atom. The van der Waals surface area contributed by atoms with Gasteiger partial charge in [-0.25, -0.2) is 0 Å². The summed E-state index contributed by atoms with van der Waals surface area (Å²) in [6.07, 6.45) is 1.78. The highest BCUT2D eigenvalue weighted by molar-refractivity contribution is 6.31. The maximum Gasteiger partial charge on any atom is 0.150 e. The van der Waals surface area contributed by atoms with E-state index in [1.807, 2.05) is 56.4 Å². The largest absolute Gasteiger partial charge is 0.508 e. The van der Waals surface area contributed by atoms with E-state index < -0.39 is 0 Å². The van der Waals surface area contributed by atoms with Crippen molar-refractivity contribution >= 4 is 22.5 Å². The lowest BCUT2D eigenvalue weighted by Gasteiger charge is -2.17. The molecule has 0 aliphatic rings. The molecule has 0 amide bonds. The number of nitrogens with zero attached hydrogens (tertiary/aromatic N) is 3. The number of phenolic OH excluding ortho intramolecular Hbond substituents is 1. The van der Waals surface area contributed by atoms with Crippen LogP contribution in [-0.4, -0.2) is 27.2 Å². The molecular formula is C22H20ClN3O2. The van der Waals surface area contributed by atoms with Crippen LogP contribution in [-0.2, 0) is 13.1 Å². The molecule has 6 heteroatoms. The van der Waals surface area contributed by atoms with Crippen molar-refractivity contribution in [3.8, 4) is 16.9 Å². The standard InChI is InChI=1S/C22H20ClN3O2/c1-14-9-18(28-25-14)13-26(2)12-16-10-15(3-6-22(16)27)19-7-8-24-21-11-17(23)4-5-20(19)21/h3-11,27H,12-13H2,1-2H3. The van der Waals surface area contributed by atoms with Gasteiger partial charge in [0.05, 0.1) is 17.8 Å². The van der Waals surface area contributed by atoms with Gasteiger partial charge in [-0.05, 0) is 55.4 Å². The SMILES string of the molecule is Cc1cc(CN(C)Cc2cc(-c3ccnc4cc(Cl)ccc34)ccc2O)on1. The van der Waals surface area contributed by atoms with Crippen LogP contribution >= 0.6 is 11.6 Å². The van der Waals surface area contributed by atoms with E-state index >= 15 is 0 Å². The molecule has 2 aromatic heterocycles. The molecule has 0 unspecified atom stereocenters. The van der Waals surface area contributed by atoms with Gasteiger partial charge in [-0.2, -0.15) is 0 Å². The minimum Gasteiger partial charge on any atom is -0.508 e. The summed E-state index contributed by atoms with van der Waals surface area (Å²) in [6.45, 7) is 3.09. The van der Waals surface area contributed by atoms with Crippen LogP contribution in [0.4, 0.5) is 0 Å². The minimum absolute atomic E-state index is 0.269. The highest BCUT2D eigenvalue weighted by Gasteiger charge is 2.12. The molecule has 1 N–H and O–H groups in total. The average Bonchev–Trinajstić information content (AvgIpc) is 3.07. The van der Waals surface area contributed by atoms with E-state index in [-0.39, 0.29) is 5.75 Å². The van der Waals surface area contributed by atoms with Gasteiger partial charge < -0.3 is 9.63 Å². The summed E-state index contributed by atoms with van der Waals surface area (Å²) in [5, 5.41) is 16.0. The van der Waals surface area contributed by atoms with E-state index in [0.717, 1.165) is 39.0 Å². The van der Waals surface area contributed by atoms with Crippen molar-refractivity contribution < 1.29 is 9.63 Å². The van der Waals surface area contributed by atoms with E-state index in [9.17, 15) is 5.11 Å². The summed E-state index contributed by atoms with van der Waals surface area (Å²) >= 11 is 6.10. The first-order valence-corrected chi connectivity index (χ1v) is 9.34. The smallest absolute Gasteiger partial charge is 0.150 e. The monoisotopic (exact) mass is 393 g/mol. The minimum atomic E-state index is 0.269. The number of hydrogen-bond acceptors (Lipinski definition) is 5. The predicted octanol–water partition coefficient (Wildman–Crippen LogP) is 5.19. The Morgan fingerprint density at radius 3 is 2.71 bits per heavy atom. The number of benzene rings is 2. The number of aryl methyl sites for hydroxylation is 1. The van der Waals surface area contributed by atoms with Crippen LogP contribution < -0.4 is 0 Å². The number of halogens is 1. The molecule has 2 heterocycles. The van der Waals surface area contributed by atoms with Gasteiger partial charge in [-0.1, -0.05) is 28.9 Å². The van der Waals surface area contributed by atoms with Gasteiger partial charge in [-0.3, -0.25) is 9.88 Å². The molecule has 2 aromatic carbocycles. The van der Waals surface area contributed by atoms with Crippen LogP contribution in [0.2, 0.25) is 5.02 Å². The van der Waals surface area contributed by atoms with E-state index in [0.29, 0.717) is 18.1 Å². The molecule has 0 atom stereocenters. The third kappa shape index (κ3) is 3.86. The van der Waals surface area contributed by atoms with E-state index in [4.69, 9.17) is 16.1 Å². The molecular weight excluding hydrogens is 374 g/mol. The fourth-order valence-electron chi connectivity index (χ4n) is 3.36. The Morgan fingerprint density at radius 1 is 1.07 bits per heavy atom. The number of aromatic nitrogens is 2. The first-order valence-electron chi connectivity index (χ1n) is 8.97. The lowest BCUT2D eigenvalue weighted by molar-refractivity contribution is 0.263. The zero-order chi connectivity index (χ0) is 19.7. The summed E-state index contributed by atoms with van der Waals surface area (Å²) in [5.41, 5.74) is 4.62. The highest BCUT2D eigenvalue weighted by Crippen LogP contribution is 2.32. The lowest BCUT2D eigenvalue weighted by Crippen LogP contribution is -2.17. The van der Waals surface area contributed by atoms with E-state index in [1.54, 1.807) is 12.3 Å². The number of pyridine rings is 1. The second kappa shape index (κ2) is 7.62. The third-order valence-corrected chi connectivity index (χ3v) is 4.87. The molecule has 142 valence electrons. The number of fused-ring (bicyclic) bond motifs is 1. The molecule has 5 nitrogen and oxygen atoms in total. The molecule has 4 aromatic rings. The Kier molecular flexibility index (Phi) is 5.03. The van der Waals surface area contributed by atoms with Crippen molar-refractivity contribution in [2.24, 2.45) is 0 Å². The van der Waals surface area contributed by atoms with Crippen molar-refractivity contribution in [2.75, 3.05) is 7.05 Å². The molecule has 0 radical (unpaired) electrons. The first kappa shape index (κ1) is 18.5. The quantitative estimate of drug-likeness (QED) is 0.505. The Labute approximate surface area is 168 Å². The Balaban J connectivity index is 1.64. The van der Waals surface area contributed by atoms with E-state index in [2.05, 4.69) is 15.0 Å². The number of aromatic hydroxyl groups is 1. The van der Waals surface area contributed by atoms with Gasteiger partial charge in [0.15, 0.2) is 5.76 Å². The van der Waals surface area contributed by atoms with Crippen LogP contribution in [0.5, 0.6) is 5.75 Å². The normalized spacial score (nSPS) is 11.4. The maximum absolute atomic E-state index is 10.4. The van der Waals surface area contributed by atoms with Gasteiger partial charge in [0.1, 0.15) is 5.75 Å². The number of hydrogen-bond donors (Lipinski definition) is 1. The summed E-state index contributed by atoms with van der Waals surface area (Å²) in [5.74, 6) is 1.07. The van der Waals surface area contributed by atoms with Gasteiger partial charge >= 0.3 is 0 Å². The van der Waals surface area contributed by atoms with Gasteiger partial charge in [-0.15, -0.1) is 0 Å². The third-order valence-electron chi connectivity index (χ3n) is 4.64. The van der Waals surface area contributed by atoms with Crippen LogP contribution in [0.25, 0.3) is 22.0 Å². The van der Waals surface area contributed by atoms with Crippen LogP contribution in [0, 0.1) is 6.92 Å². The second-order valence-corrected chi connectivity index (χ2v) is 7.41. The van der Waals surface area contributed by atoms with Crippen molar-refractivity contribution in [1.82, 2.24) is 15.0 Å².